The van der Waals surface area contributed by atoms with Gasteiger partial charge in [0.25, 0.3) is 5.89 Å². The third kappa shape index (κ3) is 3.61. The van der Waals surface area contributed by atoms with Crippen molar-refractivity contribution in [2.45, 2.75) is 6.92 Å². The van der Waals surface area contributed by atoms with Gasteiger partial charge in [0.2, 0.25) is 5.82 Å². The lowest BCUT2D eigenvalue weighted by molar-refractivity contribution is 0.431. The molecule has 0 radical (unpaired) electrons. The van der Waals surface area contributed by atoms with Crippen LogP contribution in [0.1, 0.15) is 5.56 Å². The summed E-state index contributed by atoms with van der Waals surface area (Å²) >= 11 is 6.14. The molecule has 0 aliphatic heterocycles. The Morgan fingerprint density at radius 1 is 1.03 bits per heavy atom. The molecule has 0 aliphatic rings. The van der Waals surface area contributed by atoms with E-state index < -0.39 is 5.82 Å². The molecule has 0 atom stereocenters. The third-order valence-electron chi connectivity index (χ3n) is 4.89. The highest BCUT2D eigenvalue weighted by Crippen LogP contribution is 2.33. The first-order chi connectivity index (χ1) is 15.5. The summed E-state index contributed by atoms with van der Waals surface area (Å²) in [4.78, 5) is 16.2. The van der Waals surface area contributed by atoms with Gasteiger partial charge in [-0.25, -0.2) is 9.37 Å². The Morgan fingerprint density at radius 2 is 1.88 bits per heavy atom. The van der Waals surface area contributed by atoms with Crippen molar-refractivity contribution in [1.82, 2.24) is 25.1 Å². The van der Waals surface area contributed by atoms with Gasteiger partial charge < -0.3 is 15.2 Å². The van der Waals surface area contributed by atoms with E-state index in [2.05, 4.69) is 25.1 Å². The quantitative estimate of drug-likeness (QED) is 0.375. The fourth-order valence-corrected chi connectivity index (χ4v) is 3.59. The number of hydrogen-bond donors (Lipinski definition) is 2. The highest BCUT2D eigenvalue weighted by Gasteiger charge is 2.18. The summed E-state index contributed by atoms with van der Waals surface area (Å²) in [5, 5.41) is 4.28. The Bertz CT molecular complexity index is 1410. The maximum absolute atomic E-state index is 14.2. The number of nitrogens with two attached hydrogens (primary N) is 1. The topological polar surface area (TPSA) is 107 Å². The number of nitrogens with zero attached hydrogens (tertiary/aromatic N) is 4. The van der Waals surface area contributed by atoms with Crippen LogP contribution >= 0.6 is 11.6 Å². The molecule has 0 amide bonds. The average molecular weight is 447 g/mol. The number of nitrogen functional groups attached to an aromatic ring is 1. The molecule has 0 aliphatic carbocycles. The lowest BCUT2D eigenvalue weighted by atomic mass is 10.1. The second kappa shape index (κ2) is 7.90. The maximum atomic E-state index is 14.2. The summed E-state index contributed by atoms with van der Waals surface area (Å²) < 4.78 is 19.6. The Hall–Kier alpha value is -4.04. The van der Waals surface area contributed by atoms with Crippen LogP contribution in [0.3, 0.4) is 0 Å². The molecule has 7 nitrogen and oxygen atoms in total. The Balaban J connectivity index is 1.44. The number of hydrogen-bond acceptors (Lipinski definition) is 6. The number of halogens is 2. The van der Waals surface area contributed by atoms with E-state index >= 15 is 0 Å². The highest BCUT2D eigenvalue weighted by molar-refractivity contribution is 6.33. The van der Waals surface area contributed by atoms with Crippen LogP contribution in [0.4, 0.5) is 10.2 Å². The van der Waals surface area contributed by atoms with E-state index in [0.717, 1.165) is 11.1 Å². The first-order valence-corrected chi connectivity index (χ1v) is 10.0. The van der Waals surface area contributed by atoms with Crippen molar-refractivity contribution in [2.75, 3.05) is 5.73 Å². The maximum Gasteiger partial charge on any atom is 0.276 e. The monoisotopic (exact) mass is 446 g/mol. The molecule has 0 saturated heterocycles. The second-order valence-corrected chi connectivity index (χ2v) is 7.58. The first kappa shape index (κ1) is 19.9. The van der Waals surface area contributed by atoms with Gasteiger partial charge in [0.15, 0.2) is 0 Å². The number of aromatic amines is 1. The third-order valence-corrected chi connectivity index (χ3v) is 5.20. The van der Waals surface area contributed by atoms with Crippen molar-refractivity contribution in [3.8, 4) is 45.6 Å². The van der Waals surface area contributed by atoms with E-state index in [1.165, 1.54) is 12.1 Å². The van der Waals surface area contributed by atoms with Gasteiger partial charge in [-0.05, 0) is 37.3 Å². The number of pyridine rings is 1. The first-order valence-electron chi connectivity index (χ1n) is 9.67. The van der Waals surface area contributed by atoms with Gasteiger partial charge in [-0.1, -0.05) is 46.6 Å². The molecular weight excluding hydrogens is 431 g/mol. The van der Waals surface area contributed by atoms with Gasteiger partial charge >= 0.3 is 0 Å². The van der Waals surface area contributed by atoms with Gasteiger partial charge in [0, 0.05) is 17.3 Å². The van der Waals surface area contributed by atoms with Crippen molar-refractivity contribution < 1.29 is 8.91 Å². The standard InChI is InChI=1S/C23H16ClFN6O/c1-12-4-2-5-13(10-12)21-30-23(32-31-21)17-9-8-14(11-27-17)19-20(26)29-22(28-19)18-15(24)6-3-7-16(18)25/h2-11H,26H2,1H3,(H,28,29). The van der Waals surface area contributed by atoms with E-state index in [-0.39, 0.29) is 22.2 Å². The van der Waals surface area contributed by atoms with E-state index in [0.29, 0.717) is 28.7 Å². The predicted octanol–water partition coefficient (Wildman–Crippen LogP) is 5.54. The lowest BCUT2D eigenvalue weighted by Gasteiger charge is -2.01. The summed E-state index contributed by atoms with van der Waals surface area (Å²) in [6.07, 6.45) is 1.59. The van der Waals surface area contributed by atoms with Gasteiger partial charge in [-0.3, -0.25) is 4.98 Å². The molecular formula is C23H16ClFN6O. The van der Waals surface area contributed by atoms with Crippen LogP contribution in [0, 0.1) is 12.7 Å². The van der Waals surface area contributed by atoms with Gasteiger partial charge in [-0.15, -0.1) is 0 Å². The molecule has 2 aromatic carbocycles. The van der Waals surface area contributed by atoms with Crippen LogP contribution < -0.4 is 5.73 Å². The summed E-state index contributed by atoms with van der Waals surface area (Å²) in [7, 11) is 0. The van der Waals surface area contributed by atoms with Crippen molar-refractivity contribution in [3.05, 3.63) is 77.2 Å². The molecule has 5 aromatic rings. The fraction of sp³-hybridized carbons (Fsp3) is 0.0435. The minimum atomic E-state index is -0.493. The van der Waals surface area contributed by atoms with E-state index in [9.17, 15) is 4.39 Å². The smallest absolute Gasteiger partial charge is 0.276 e. The van der Waals surface area contributed by atoms with Gasteiger partial charge in [0.1, 0.15) is 28.8 Å². The summed E-state index contributed by atoms with van der Waals surface area (Å²) in [6, 6.07) is 15.8. The number of aryl methyl sites for hydroxylation is 1. The summed E-state index contributed by atoms with van der Waals surface area (Å²) in [5.41, 5.74) is 9.79. The summed E-state index contributed by atoms with van der Waals surface area (Å²) in [6.45, 7) is 2.00. The van der Waals surface area contributed by atoms with Crippen LogP contribution in [-0.2, 0) is 0 Å². The molecule has 3 heterocycles. The molecule has 158 valence electrons. The predicted molar refractivity (Wildman–Crippen MR) is 120 cm³/mol. The minimum Gasteiger partial charge on any atom is -0.383 e. The number of H-pyrrole nitrogens is 1. The number of anilines is 1. The van der Waals surface area contributed by atoms with Crippen molar-refractivity contribution >= 4 is 17.4 Å². The molecule has 9 heteroatoms. The van der Waals surface area contributed by atoms with Crippen LogP contribution in [0.5, 0.6) is 0 Å². The van der Waals surface area contributed by atoms with Crippen LogP contribution in [0.15, 0.2) is 65.3 Å². The Labute approximate surface area is 187 Å². The van der Waals surface area contributed by atoms with Crippen LogP contribution in [-0.4, -0.2) is 25.1 Å². The zero-order valence-electron chi connectivity index (χ0n) is 16.8. The van der Waals surface area contributed by atoms with Crippen LogP contribution in [0.2, 0.25) is 5.02 Å². The Kier molecular flexibility index (Phi) is 4.91. The molecule has 0 bridgehead atoms. The van der Waals surface area contributed by atoms with Crippen molar-refractivity contribution in [2.24, 2.45) is 0 Å². The van der Waals surface area contributed by atoms with Gasteiger partial charge in [0.05, 0.1) is 10.6 Å². The van der Waals surface area contributed by atoms with E-state index in [1.807, 2.05) is 31.2 Å². The molecule has 3 aromatic heterocycles. The SMILES string of the molecule is Cc1cccc(-c2noc(-c3ccc(-c4nc(-c5c(F)cccc5Cl)[nH]c4N)cn3)n2)c1. The number of imidazole rings is 1. The zero-order chi connectivity index (χ0) is 22.2. The minimum absolute atomic E-state index is 0.159. The normalized spacial score (nSPS) is 11.1. The average Bonchev–Trinajstić information content (AvgIpc) is 3.41. The zero-order valence-corrected chi connectivity index (χ0v) is 17.6. The number of rotatable bonds is 4. The molecule has 3 N–H and O–H groups in total. The van der Waals surface area contributed by atoms with E-state index in [4.69, 9.17) is 21.9 Å². The molecule has 0 spiro atoms. The molecule has 0 fully saturated rings. The number of aromatic nitrogens is 5. The second-order valence-electron chi connectivity index (χ2n) is 7.17. The Morgan fingerprint density at radius 3 is 2.62 bits per heavy atom. The molecule has 0 unspecified atom stereocenters. The van der Waals surface area contributed by atoms with Crippen LogP contribution in [0.25, 0.3) is 45.6 Å². The molecule has 0 saturated carbocycles. The number of benzene rings is 2. The fourth-order valence-electron chi connectivity index (χ4n) is 3.34. The molecule has 5 rings (SSSR count). The molecule has 32 heavy (non-hydrogen) atoms. The highest BCUT2D eigenvalue weighted by atomic mass is 35.5. The van der Waals surface area contributed by atoms with Crippen molar-refractivity contribution in [1.29, 1.82) is 0 Å². The van der Waals surface area contributed by atoms with E-state index in [1.54, 1.807) is 24.4 Å². The number of nitrogens with one attached hydrogen (secondary N) is 1. The van der Waals surface area contributed by atoms with Gasteiger partial charge in [-0.2, -0.15) is 4.98 Å². The lowest BCUT2D eigenvalue weighted by Crippen LogP contribution is -1.90. The summed E-state index contributed by atoms with van der Waals surface area (Å²) in [5.74, 6) is 0.796. The largest absolute Gasteiger partial charge is 0.383 e. The van der Waals surface area contributed by atoms with Crippen molar-refractivity contribution in [3.63, 3.8) is 0 Å².